The first-order valence-electron chi connectivity index (χ1n) is 6.94. The summed E-state index contributed by atoms with van der Waals surface area (Å²) in [6.07, 6.45) is 6.70. The van der Waals surface area contributed by atoms with Crippen LogP contribution >= 0.6 is 0 Å². The third-order valence-corrected chi connectivity index (χ3v) is 5.65. The highest BCUT2D eigenvalue weighted by Crippen LogP contribution is 2.59. The molecule has 3 aliphatic carbocycles. The first kappa shape index (κ1) is 11.5. The van der Waals surface area contributed by atoms with Gasteiger partial charge in [0.25, 0.3) is 0 Å². The Kier molecular flexibility index (Phi) is 2.48. The molecule has 2 heteroatoms. The fourth-order valence-corrected chi connectivity index (χ4v) is 4.63. The Labute approximate surface area is 103 Å². The van der Waals surface area contributed by atoms with Crippen LogP contribution in [0.5, 0.6) is 0 Å². The van der Waals surface area contributed by atoms with E-state index in [1.54, 1.807) is 0 Å². The van der Waals surface area contributed by atoms with Crippen molar-refractivity contribution >= 4 is 5.78 Å². The Morgan fingerprint density at radius 2 is 2.18 bits per heavy atom. The molecule has 5 atom stereocenters. The number of carbonyl (C=O) groups is 1. The molecule has 0 aliphatic heterocycles. The number of hydrogen-bond donors (Lipinski definition) is 1. The predicted octanol–water partition coefficient (Wildman–Crippen LogP) is 2.71. The van der Waals surface area contributed by atoms with Crippen LogP contribution in [0.25, 0.3) is 0 Å². The molecular formula is C15H22O2. The first-order valence-corrected chi connectivity index (χ1v) is 6.94. The Bertz CT molecular complexity index is 384. The number of fused-ring (bicyclic) bond motifs is 3. The number of aliphatic hydroxyl groups is 1. The fraction of sp³-hybridized carbons (Fsp3) is 0.800. The van der Waals surface area contributed by atoms with Gasteiger partial charge < -0.3 is 5.11 Å². The van der Waals surface area contributed by atoms with E-state index in [4.69, 9.17) is 0 Å². The lowest BCUT2D eigenvalue weighted by Gasteiger charge is -2.46. The molecule has 3 aliphatic rings. The molecule has 2 saturated carbocycles. The summed E-state index contributed by atoms with van der Waals surface area (Å²) in [5, 5.41) is 10.4. The van der Waals surface area contributed by atoms with Crippen LogP contribution in [-0.2, 0) is 4.79 Å². The van der Waals surface area contributed by atoms with E-state index in [1.165, 1.54) is 5.57 Å². The molecule has 94 valence electrons. The highest BCUT2D eigenvalue weighted by molar-refractivity contribution is 5.91. The van der Waals surface area contributed by atoms with Crippen LogP contribution in [0.15, 0.2) is 11.6 Å². The quantitative estimate of drug-likeness (QED) is 0.699. The Morgan fingerprint density at radius 1 is 1.41 bits per heavy atom. The summed E-state index contributed by atoms with van der Waals surface area (Å²) in [5.74, 6) is 1.90. The zero-order valence-corrected chi connectivity index (χ0v) is 10.8. The van der Waals surface area contributed by atoms with Gasteiger partial charge in [0.05, 0.1) is 6.10 Å². The van der Waals surface area contributed by atoms with Crippen molar-refractivity contribution in [1.82, 2.24) is 0 Å². The predicted molar refractivity (Wildman–Crippen MR) is 66.4 cm³/mol. The number of aliphatic hydroxyl groups excluding tert-OH is 1. The Balaban J connectivity index is 1.95. The van der Waals surface area contributed by atoms with Crippen molar-refractivity contribution in [1.29, 1.82) is 0 Å². The molecule has 0 bridgehead atoms. The smallest absolute Gasteiger partial charge is 0.155 e. The zero-order chi connectivity index (χ0) is 12.2. The van der Waals surface area contributed by atoms with Gasteiger partial charge in [-0.3, -0.25) is 4.79 Å². The minimum Gasteiger partial charge on any atom is -0.392 e. The average molecular weight is 234 g/mol. The van der Waals surface area contributed by atoms with Crippen LogP contribution in [0.2, 0.25) is 0 Å². The van der Waals surface area contributed by atoms with Crippen molar-refractivity contribution in [3.8, 4) is 0 Å². The van der Waals surface area contributed by atoms with Gasteiger partial charge in [-0.15, -0.1) is 0 Å². The summed E-state index contributed by atoms with van der Waals surface area (Å²) in [4.78, 5) is 11.5. The van der Waals surface area contributed by atoms with Crippen molar-refractivity contribution < 1.29 is 9.90 Å². The summed E-state index contributed by atoms with van der Waals surface area (Å²) in [6, 6.07) is 0. The largest absolute Gasteiger partial charge is 0.392 e. The third-order valence-electron chi connectivity index (χ3n) is 5.65. The molecule has 0 aromatic heterocycles. The molecule has 0 radical (unpaired) electrons. The van der Waals surface area contributed by atoms with E-state index < -0.39 is 0 Å². The van der Waals surface area contributed by atoms with Gasteiger partial charge in [-0.2, -0.15) is 0 Å². The van der Waals surface area contributed by atoms with Gasteiger partial charge in [-0.05, 0) is 54.9 Å². The number of hydrogen-bond acceptors (Lipinski definition) is 2. The molecule has 0 spiro atoms. The number of allylic oxidation sites excluding steroid dienone is 2. The summed E-state index contributed by atoms with van der Waals surface area (Å²) >= 11 is 0. The van der Waals surface area contributed by atoms with E-state index in [9.17, 15) is 9.90 Å². The van der Waals surface area contributed by atoms with E-state index in [1.807, 2.05) is 6.08 Å². The van der Waals surface area contributed by atoms with Crippen LogP contribution in [-0.4, -0.2) is 17.0 Å². The van der Waals surface area contributed by atoms with Gasteiger partial charge in [-0.1, -0.05) is 19.4 Å². The number of ketones is 1. The number of carbonyl (C=O) groups excluding carboxylic acids is 1. The molecule has 2 nitrogen and oxygen atoms in total. The van der Waals surface area contributed by atoms with E-state index >= 15 is 0 Å². The third kappa shape index (κ3) is 1.53. The van der Waals surface area contributed by atoms with Crippen molar-refractivity contribution in [2.75, 3.05) is 0 Å². The van der Waals surface area contributed by atoms with Crippen LogP contribution in [0.3, 0.4) is 0 Å². The molecule has 3 rings (SSSR count). The van der Waals surface area contributed by atoms with Gasteiger partial charge >= 0.3 is 0 Å². The second-order valence-electron chi connectivity index (χ2n) is 6.60. The summed E-state index contributed by atoms with van der Waals surface area (Å²) < 4.78 is 0. The van der Waals surface area contributed by atoms with Crippen molar-refractivity contribution in [3.05, 3.63) is 11.6 Å². The molecule has 0 amide bonds. The minimum absolute atomic E-state index is 0.0990. The van der Waals surface area contributed by atoms with Gasteiger partial charge in [0, 0.05) is 6.42 Å². The van der Waals surface area contributed by atoms with E-state index in [2.05, 4.69) is 13.8 Å². The fourth-order valence-electron chi connectivity index (χ4n) is 4.63. The summed E-state index contributed by atoms with van der Waals surface area (Å²) in [6.45, 7) is 4.44. The second kappa shape index (κ2) is 3.68. The van der Waals surface area contributed by atoms with Gasteiger partial charge in [0.2, 0.25) is 0 Å². The first-order chi connectivity index (χ1) is 8.02. The Morgan fingerprint density at radius 3 is 2.94 bits per heavy atom. The van der Waals surface area contributed by atoms with Crippen molar-refractivity contribution in [2.45, 2.75) is 52.1 Å². The molecule has 2 fully saturated rings. The van der Waals surface area contributed by atoms with E-state index in [0.717, 1.165) is 25.7 Å². The minimum atomic E-state index is -0.147. The lowest BCUT2D eigenvalue weighted by molar-refractivity contribution is -0.115. The van der Waals surface area contributed by atoms with Crippen molar-refractivity contribution in [2.24, 2.45) is 23.2 Å². The van der Waals surface area contributed by atoms with Crippen LogP contribution < -0.4 is 0 Å². The van der Waals surface area contributed by atoms with Crippen LogP contribution in [0, 0.1) is 23.2 Å². The maximum Gasteiger partial charge on any atom is 0.155 e. The molecule has 4 unspecified atom stereocenters. The molecular weight excluding hydrogens is 212 g/mol. The maximum atomic E-state index is 11.5. The topological polar surface area (TPSA) is 37.3 Å². The average Bonchev–Trinajstić information content (AvgIpc) is 2.53. The standard InChI is InChI=1S/C15H22O2/c1-9-7-13-12-4-3-11(16)8-10(12)5-6-15(13,2)14(9)17/h8-9,12-14,17H,3-7H2,1-2H3/t9-,12?,13?,14?,15?/m1/s1. The van der Waals surface area contributed by atoms with Gasteiger partial charge in [0.15, 0.2) is 5.78 Å². The Hall–Kier alpha value is -0.630. The van der Waals surface area contributed by atoms with Gasteiger partial charge in [-0.25, -0.2) is 0 Å². The highest BCUT2D eigenvalue weighted by atomic mass is 16.3. The van der Waals surface area contributed by atoms with Gasteiger partial charge in [0.1, 0.15) is 0 Å². The van der Waals surface area contributed by atoms with E-state index in [-0.39, 0.29) is 11.5 Å². The summed E-state index contributed by atoms with van der Waals surface area (Å²) in [5.41, 5.74) is 1.48. The number of rotatable bonds is 0. The molecule has 0 heterocycles. The molecule has 1 N–H and O–H groups in total. The normalized spacial score (nSPS) is 49.6. The molecule has 0 aromatic carbocycles. The molecule has 0 aromatic rings. The van der Waals surface area contributed by atoms with Crippen molar-refractivity contribution in [3.63, 3.8) is 0 Å². The SMILES string of the molecule is C[C@@H]1CC2C3CCC(=O)C=C3CCC2(C)C1O. The lowest BCUT2D eigenvalue weighted by atomic mass is 9.59. The lowest BCUT2D eigenvalue weighted by Crippen LogP contribution is -2.42. The molecule has 17 heavy (non-hydrogen) atoms. The maximum absolute atomic E-state index is 11.5. The van der Waals surface area contributed by atoms with Crippen LogP contribution in [0.1, 0.15) is 46.0 Å². The monoisotopic (exact) mass is 234 g/mol. The van der Waals surface area contributed by atoms with E-state index in [0.29, 0.717) is 30.0 Å². The second-order valence-corrected chi connectivity index (χ2v) is 6.60. The zero-order valence-electron chi connectivity index (χ0n) is 10.8. The summed E-state index contributed by atoms with van der Waals surface area (Å²) in [7, 11) is 0. The van der Waals surface area contributed by atoms with Crippen LogP contribution in [0.4, 0.5) is 0 Å². The highest BCUT2D eigenvalue weighted by Gasteiger charge is 2.55. The molecule has 0 saturated heterocycles.